The highest BCUT2D eigenvalue weighted by Crippen LogP contribution is 2.24. The van der Waals surface area contributed by atoms with Crippen molar-refractivity contribution in [2.75, 3.05) is 37.6 Å². The van der Waals surface area contributed by atoms with Gasteiger partial charge in [0, 0.05) is 12.1 Å². The van der Waals surface area contributed by atoms with E-state index in [4.69, 9.17) is 16.6 Å². The maximum atomic E-state index is 12.7. The molecule has 1 aliphatic rings. The van der Waals surface area contributed by atoms with Crippen LogP contribution in [-0.4, -0.2) is 51.8 Å². The molecular formula is C19H24ClN6O2+. The van der Waals surface area contributed by atoms with Gasteiger partial charge < -0.3 is 9.80 Å². The third kappa shape index (κ3) is 3.22. The van der Waals surface area contributed by atoms with Crippen molar-refractivity contribution in [3.63, 3.8) is 0 Å². The fraction of sp³-hybridized carbons (Fsp3) is 0.421. The van der Waals surface area contributed by atoms with Crippen LogP contribution >= 0.6 is 11.6 Å². The number of anilines is 1. The molecule has 3 heterocycles. The SMILES string of the molecule is CC[NH+]1CCN(c2nc3c(c(=O)[nH]c(=O)n3C)n2Cc2ccccc2Cl)CC1. The zero-order valence-corrected chi connectivity index (χ0v) is 16.8. The number of aromatic amines is 1. The summed E-state index contributed by atoms with van der Waals surface area (Å²) in [7, 11) is 1.62. The van der Waals surface area contributed by atoms with Crippen LogP contribution in [0.4, 0.5) is 5.95 Å². The first-order valence-electron chi connectivity index (χ1n) is 9.51. The lowest BCUT2D eigenvalue weighted by Gasteiger charge is -2.32. The van der Waals surface area contributed by atoms with Gasteiger partial charge in [0.05, 0.1) is 39.3 Å². The molecule has 3 aromatic rings. The number of likely N-dealkylation sites (N-methyl/N-ethyl adjacent to an activating group) is 1. The highest BCUT2D eigenvalue weighted by Gasteiger charge is 2.26. The lowest BCUT2D eigenvalue weighted by molar-refractivity contribution is -0.898. The Hall–Kier alpha value is -2.58. The monoisotopic (exact) mass is 403 g/mol. The van der Waals surface area contributed by atoms with Crippen LogP contribution < -0.4 is 21.0 Å². The molecule has 2 aromatic heterocycles. The second-order valence-corrected chi connectivity index (χ2v) is 7.58. The minimum Gasteiger partial charge on any atom is -0.332 e. The summed E-state index contributed by atoms with van der Waals surface area (Å²) in [5.41, 5.74) is 0.785. The van der Waals surface area contributed by atoms with Crippen LogP contribution in [0.2, 0.25) is 5.02 Å². The number of H-pyrrole nitrogens is 1. The molecule has 2 N–H and O–H groups in total. The summed E-state index contributed by atoms with van der Waals surface area (Å²) in [6.07, 6.45) is 0. The van der Waals surface area contributed by atoms with Gasteiger partial charge in [-0.25, -0.2) is 4.79 Å². The summed E-state index contributed by atoms with van der Waals surface area (Å²) >= 11 is 6.37. The Morgan fingerprint density at radius 3 is 2.61 bits per heavy atom. The van der Waals surface area contributed by atoms with E-state index in [1.165, 1.54) is 4.57 Å². The van der Waals surface area contributed by atoms with Crippen molar-refractivity contribution in [3.05, 3.63) is 55.7 Å². The number of benzene rings is 1. The van der Waals surface area contributed by atoms with Crippen LogP contribution in [0.1, 0.15) is 12.5 Å². The van der Waals surface area contributed by atoms with Crippen molar-refractivity contribution in [2.45, 2.75) is 13.5 Å². The Labute approximate surface area is 167 Å². The van der Waals surface area contributed by atoms with Gasteiger partial charge in [-0.05, 0) is 18.6 Å². The molecule has 1 saturated heterocycles. The molecule has 28 heavy (non-hydrogen) atoms. The summed E-state index contributed by atoms with van der Waals surface area (Å²) in [5.74, 6) is 0.705. The third-order valence-electron chi connectivity index (χ3n) is 5.53. The van der Waals surface area contributed by atoms with Gasteiger partial charge in [-0.3, -0.25) is 18.9 Å². The van der Waals surface area contributed by atoms with Gasteiger partial charge in [0.2, 0.25) is 5.95 Å². The van der Waals surface area contributed by atoms with Crippen LogP contribution in [0.15, 0.2) is 33.9 Å². The lowest BCUT2D eigenvalue weighted by Crippen LogP contribution is -3.14. The number of imidazole rings is 1. The van der Waals surface area contributed by atoms with Gasteiger partial charge in [-0.1, -0.05) is 29.8 Å². The molecule has 0 atom stereocenters. The van der Waals surface area contributed by atoms with E-state index >= 15 is 0 Å². The zero-order chi connectivity index (χ0) is 19.8. The topological polar surface area (TPSA) is 80.4 Å². The van der Waals surface area contributed by atoms with Crippen LogP contribution in [0, 0.1) is 0 Å². The first-order valence-corrected chi connectivity index (χ1v) is 9.89. The Bertz CT molecular complexity index is 1120. The van der Waals surface area contributed by atoms with Crippen LogP contribution in [0.5, 0.6) is 0 Å². The Morgan fingerprint density at radius 2 is 1.93 bits per heavy atom. The van der Waals surface area contributed by atoms with E-state index in [1.807, 2.05) is 28.8 Å². The molecule has 0 spiro atoms. The number of quaternary nitrogens is 1. The molecular weight excluding hydrogens is 380 g/mol. The van der Waals surface area contributed by atoms with Gasteiger partial charge in [0.15, 0.2) is 11.2 Å². The molecule has 0 bridgehead atoms. The predicted molar refractivity (Wildman–Crippen MR) is 110 cm³/mol. The second kappa shape index (κ2) is 7.44. The summed E-state index contributed by atoms with van der Waals surface area (Å²) in [6.45, 7) is 7.42. The van der Waals surface area contributed by atoms with E-state index in [0.29, 0.717) is 28.7 Å². The van der Waals surface area contributed by atoms with E-state index in [2.05, 4.69) is 16.8 Å². The van der Waals surface area contributed by atoms with Crippen molar-refractivity contribution >= 4 is 28.7 Å². The summed E-state index contributed by atoms with van der Waals surface area (Å²) in [5, 5.41) is 0.636. The number of aryl methyl sites for hydroxylation is 1. The van der Waals surface area contributed by atoms with E-state index in [-0.39, 0.29) is 0 Å². The number of nitrogens with zero attached hydrogens (tertiary/aromatic N) is 4. The van der Waals surface area contributed by atoms with Gasteiger partial charge in [0.25, 0.3) is 5.56 Å². The Kier molecular flexibility index (Phi) is 4.99. The van der Waals surface area contributed by atoms with Gasteiger partial charge in [-0.2, -0.15) is 4.98 Å². The number of aromatic nitrogens is 4. The maximum absolute atomic E-state index is 12.7. The summed E-state index contributed by atoms with van der Waals surface area (Å²) in [4.78, 5) is 35.6. The molecule has 4 rings (SSSR count). The lowest BCUT2D eigenvalue weighted by atomic mass is 10.2. The van der Waals surface area contributed by atoms with Crippen molar-refractivity contribution < 1.29 is 4.90 Å². The molecule has 1 fully saturated rings. The number of nitrogens with one attached hydrogen (secondary N) is 2. The molecule has 0 radical (unpaired) electrons. The second-order valence-electron chi connectivity index (χ2n) is 7.17. The maximum Gasteiger partial charge on any atom is 0.329 e. The fourth-order valence-corrected chi connectivity index (χ4v) is 3.98. The first kappa shape index (κ1) is 18.8. The van der Waals surface area contributed by atoms with E-state index < -0.39 is 11.2 Å². The number of piperazine rings is 1. The molecule has 9 heteroatoms. The fourth-order valence-electron chi connectivity index (χ4n) is 3.79. The Morgan fingerprint density at radius 1 is 1.21 bits per heavy atom. The average molecular weight is 404 g/mol. The van der Waals surface area contributed by atoms with E-state index in [9.17, 15) is 9.59 Å². The number of fused-ring (bicyclic) bond motifs is 1. The number of hydrogen-bond donors (Lipinski definition) is 2. The molecule has 1 aliphatic heterocycles. The standard InChI is InChI=1S/C19H23ClN6O2/c1-3-24-8-10-25(11-9-24)18-21-16-15(17(27)22-19(28)23(16)2)26(18)12-13-6-4-5-7-14(13)20/h4-7H,3,8-12H2,1-2H3,(H,22,27,28)/p+1. The van der Waals surface area contributed by atoms with Crippen LogP contribution in [0.3, 0.4) is 0 Å². The van der Waals surface area contributed by atoms with Crippen molar-refractivity contribution in [1.82, 2.24) is 19.1 Å². The molecule has 148 valence electrons. The number of hydrogen-bond acceptors (Lipinski definition) is 4. The highest BCUT2D eigenvalue weighted by molar-refractivity contribution is 6.31. The largest absolute Gasteiger partial charge is 0.332 e. The van der Waals surface area contributed by atoms with E-state index in [0.717, 1.165) is 38.3 Å². The molecule has 0 saturated carbocycles. The molecule has 8 nitrogen and oxygen atoms in total. The average Bonchev–Trinajstić information content (AvgIpc) is 3.08. The van der Waals surface area contributed by atoms with Crippen LogP contribution in [0.25, 0.3) is 11.2 Å². The highest BCUT2D eigenvalue weighted by atomic mass is 35.5. The predicted octanol–water partition coefficient (Wildman–Crippen LogP) is -0.150. The minimum atomic E-state index is -0.466. The molecule has 0 unspecified atom stereocenters. The normalized spacial score (nSPS) is 15.5. The number of rotatable bonds is 4. The first-order chi connectivity index (χ1) is 13.5. The van der Waals surface area contributed by atoms with Gasteiger partial charge >= 0.3 is 5.69 Å². The molecule has 0 aliphatic carbocycles. The van der Waals surface area contributed by atoms with E-state index in [1.54, 1.807) is 11.9 Å². The zero-order valence-electron chi connectivity index (χ0n) is 16.0. The Balaban J connectivity index is 1.87. The van der Waals surface area contributed by atoms with Crippen molar-refractivity contribution in [1.29, 1.82) is 0 Å². The van der Waals surface area contributed by atoms with Gasteiger partial charge in [0.1, 0.15) is 0 Å². The third-order valence-corrected chi connectivity index (χ3v) is 5.90. The summed E-state index contributed by atoms with van der Waals surface area (Å²) in [6, 6.07) is 7.57. The van der Waals surface area contributed by atoms with Crippen molar-refractivity contribution in [2.24, 2.45) is 7.05 Å². The quantitative estimate of drug-likeness (QED) is 0.635. The van der Waals surface area contributed by atoms with Gasteiger partial charge in [-0.15, -0.1) is 0 Å². The smallest absolute Gasteiger partial charge is 0.329 e. The molecule has 1 aromatic carbocycles. The van der Waals surface area contributed by atoms with Crippen molar-refractivity contribution in [3.8, 4) is 0 Å². The van der Waals surface area contributed by atoms with Crippen LogP contribution in [-0.2, 0) is 13.6 Å². The minimum absolute atomic E-state index is 0.390. The number of halogens is 1. The molecule has 0 amide bonds. The summed E-state index contributed by atoms with van der Waals surface area (Å²) < 4.78 is 3.27.